The van der Waals surface area contributed by atoms with Crippen LogP contribution < -0.4 is 5.32 Å². The van der Waals surface area contributed by atoms with Gasteiger partial charge in [-0.1, -0.05) is 36.4 Å². The molecule has 0 saturated heterocycles. The predicted octanol–water partition coefficient (Wildman–Crippen LogP) is 4.81. The molecule has 1 unspecified atom stereocenters. The van der Waals surface area contributed by atoms with Gasteiger partial charge in [0, 0.05) is 15.5 Å². The Labute approximate surface area is 158 Å². The third-order valence-corrected chi connectivity index (χ3v) is 5.51. The monoisotopic (exact) mass is 393 g/mol. The van der Waals surface area contributed by atoms with E-state index in [1.807, 2.05) is 36.6 Å². The lowest BCUT2D eigenvalue weighted by molar-refractivity contribution is -0.119. The van der Waals surface area contributed by atoms with Crippen LogP contribution in [0, 0.1) is 0 Å². The fourth-order valence-electron chi connectivity index (χ4n) is 2.20. The SMILES string of the molecule is CCC(NC(=O)CSc1nnc(-c2ccc(Cl)cc2)o1)c1cccs1. The van der Waals surface area contributed by atoms with Crippen molar-refractivity contribution in [2.75, 3.05) is 5.75 Å². The molecule has 1 atom stereocenters. The number of rotatable bonds is 7. The first kappa shape index (κ1) is 18.0. The fraction of sp³-hybridized carbons (Fsp3) is 0.235. The lowest BCUT2D eigenvalue weighted by Crippen LogP contribution is -2.29. The Hall–Kier alpha value is -1.83. The van der Waals surface area contributed by atoms with Crippen molar-refractivity contribution in [2.45, 2.75) is 24.6 Å². The van der Waals surface area contributed by atoms with Gasteiger partial charge < -0.3 is 9.73 Å². The lowest BCUT2D eigenvalue weighted by atomic mass is 10.2. The van der Waals surface area contributed by atoms with E-state index in [0.717, 1.165) is 16.9 Å². The van der Waals surface area contributed by atoms with Crippen LogP contribution in [0.3, 0.4) is 0 Å². The number of thiophene rings is 1. The van der Waals surface area contributed by atoms with E-state index < -0.39 is 0 Å². The highest BCUT2D eigenvalue weighted by Crippen LogP contribution is 2.25. The molecule has 1 N–H and O–H groups in total. The number of amides is 1. The Bertz CT molecular complexity index is 819. The summed E-state index contributed by atoms with van der Waals surface area (Å²) in [4.78, 5) is 13.3. The summed E-state index contributed by atoms with van der Waals surface area (Å²) in [6.07, 6.45) is 0.845. The van der Waals surface area contributed by atoms with Gasteiger partial charge in [0.2, 0.25) is 11.8 Å². The van der Waals surface area contributed by atoms with Gasteiger partial charge in [0.1, 0.15) is 0 Å². The first-order valence-electron chi connectivity index (χ1n) is 7.70. The van der Waals surface area contributed by atoms with Crippen molar-refractivity contribution in [1.82, 2.24) is 15.5 Å². The number of carbonyl (C=O) groups excluding carboxylic acids is 1. The first-order chi connectivity index (χ1) is 12.2. The van der Waals surface area contributed by atoms with Gasteiger partial charge in [-0.2, -0.15) is 0 Å². The smallest absolute Gasteiger partial charge is 0.277 e. The van der Waals surface area contributed by atoms with Gasteiger partial charge in [0.05, 0.1) is 11.8 Å². The molecule has 0 radical (unpaired) electrons. The van der Waals surface area contributed by atoms with Crippen LogP contribution in [-0.4, -0.2) is 21.9 Å². The van der Waals surface area contributed by atoms with E-state index in [2.05, 4.69) is 15.5 Å². The number of carbonyl (C=O) groups is 1. The molecule has 2 heterocycles. The summed E-state index contributed by atoms with van der Waals surface area (Å²) in [6, 6.07) is 11.2. The van der Waals surface area contributed by atoms with Crippen molar-refractivity contribution >= 4 is 40.6 Å². The first-order valence-corrected chi connectivity index (χ1v) is 9.95. The molecule has 0 saturated carbocycles. The van der Waals surface area contributed by atoms with Crippen molar-refractivity contribution in [2.24, 2.45) is 0 Å². The van der Waals surface area contributed by atoms with E-state index in [-0.39, 0.29) is 17.7 Å². The molecule has 5 nitrogen and oxygen atoms in total. The van der Waals surface area contributed by atoms with Gasteiger partial charge in [0.25, 0.3) is 5.22 Å². The molecule has 8 heteroatoms. The van der Waals surface area contributed by atoms with Gasteiger partial charge in [-0.25, -0.2) is 0 Å². The highest BCUT2D eigenvalue weighted by atomic mass is 35.5. The Balaban J connectivity index is 1.55. The molecular formula is C17H16ClN3O2S2. The number of benzene rings is 1. The Morgan fingerprint density at radius 1 is 1.32 bits per heavy atom. The van der Waals surface area contributed by atoms with Gasteiger partial charge >= 0.3 is 0 Å². The van der Waals surface area contributed by atoms with Crippen LogP contribution in [-0.2, 0) is 4.79 Å². The molecule has 0 aliphatic heterocycles. The van der Waals surface area contributed by atoms with Crippen LogP contribution in [0.4, 0.5) is 0 Å². The van der Waals surface area contributed by atoms with E-state index in [9.17, 15) is 4.79 Å². The van der Waals surface area contributed by atoms with Crippen LogP contribution in [0.2, 0.25) is 5.02 Å². The summed E-state index contributed by atoms with van der Waals surface area (Å²) >= 11 is 8.73. The minimum Gasteiger partial charge on any atom is -0.411 e. The zero-order valence-corrected chi connectivity index (χ0v) is 15.8. The number of hydrogen-bond acceptors (Lipinski definition) is 6. The molecule has 3 rings (SSSR count). The van der Waals surface area contributed by atoms with Gasteiger partial charge in [-0.3, -0.25) is 4.79 Å². The molecule has 2 aromatic heterocycles. The maximum Gasteiger partial charge on any atom is 0.277 e. The molecule has 1 amide bonds. The number of aromatic nitrogens is 2. The van der Waals surface area contributed by atoms with Crippen molar-refractivity contribution in [3.05, 3.63) is 51.7 Å². The Morgan fingerprint density at radius 3 is 2.80 bits per heavy atom. The molecule has 130 valence electrons. The summed E-state index contributed by atoms with van der Waals surface area (Å²) in [6.45, 7) is 2.05. The molecule has 0 bridgehead atoms. The van der Waals surface area contributed by atoms with Crippen LogP contribution >= 0.6 is 34.7 Å². The number of thioether (sulfide) groups is 1. The second-order valence-corrected chi connectivity index (χ2v) is 7.55. The molecule has 1 aromatic carbocycles. The summed E-state index contributed by atoms with van der Waals surface area (Å²) in [7, 11) is 0. The number of nitrogens with zero attached hydrogens (tertiary/aromatic N) is 2. The maximum atomic E-state index is 12.2. The predicted molar refractivity (Wildman–Crippen MR) is 101 cm³/mol. The fourth-order valence-corrected chi connectivity index (χ4v) is 3.77. The highest BCUT2D eigenvalue weighted by Gasteiger charge is 2.15. The zero-order valence-electron chi connectivity index (χ0n) is 13.4. The lowest BCUT2D eigenvalue weighted by Gasteiger charge is -2.14. The normalized spacial score (nSPS) is 12.1. The third kappa shape index (κ3) is 4.84. The van der Waals surface area contributed by atoms with Crippen molar-refractivity contribution in [1.29, 1.82) is 0 Å². The van der Waals surface area contributed by atoms with Crippen molar-refractivity contribution in [3.8, 4) is 11.5 Å². The van der Waals surface area contributed by atoms with Gasteiger partial charge in [-0.15, -0.1) is 21.5 Å². The van der Waals surface area contributed by atoms with E-state index in [1.165, 1.54) is 11.8 Å². The van der Waals surface area contributed by atoms with E-state index >= 15 is 0 Å². The van der Waals surface area contributed by atoms with E-state index in [0.29, 0.717) is 16.1 Å². The summed E-state index contributed by atoms with van der Waals surface area (Å²) in [5, 5.41) is 14.0. The molecule has 0 fully saturated rings. The van der Waals surface area contributed by atoms with E-state index in [4.69, 9.17) is 16.0 Å². The summed E-state index contributed by atoms with van der Waals surface area (Å²) in [5.74, 6) is 0.575. The van der Waals surface area contributed by atoms with Crippen LogP contribution in [0.15, 0.2) is 51.4 Å². The minimum atomic E-state index is -0.0588. The number of hydrogen-bond donors (Lipinski definition) is 1. The van der Waals surface area contributed by atoms with Crippen molar-refractivity contribution in [3.63, 3.8) is 0 Å². The third-order valence-electron chi connectivity index (χ3n) is 3.45. The second kappa shape index (κ2) is 8.51. The Morgan fingerprint density at radius 2 is 2.12 bits per heavy atom. The largest absolute Gasteiger partial charge is 0.411 e. The molecule has 3 aromatic rings. The van der Waals surface area contributed by atoms with Crippen LogP contribution in [0.25, 0.3) is 11.5 Å². The van der Waals surface area contributed by atoms with Crippen LogP contribution in [0.1, 0.15) is 24.3 Å². The molecule has 0 aliphatic rings. The molecule has 25 heavy (non-hydrogen) atoms. The van der Waals surface area contributed by atoms with E-state index in [1.54, 1.807) is 23.5 Å². The van der Waals surface area contributed by atoms with Crippen LogP contribution in [0.5, 0.6) is 0 Å². The quantitative estimate of drug-likeness (QED) is 0.583. The van der Waals surface area contributed by atoms with Crippen molar-refractivity contribution < 1.29 is 9.21 Å². The standard InChI is InChI=1S/C17H16ClN3O2S2/c1-2-13(14-4-3-9-24-14)19-15(22)10-25-17-21-20-16(23-17)11-5-7-12(18)8-6-11/h3-9,13H,2,10H2,1H3,(H,19,22). The van der Waals surface area contributed by atoms with Gasteiger partial charge in [-0.05, 0) is 42.1 Å². The minimum absolute atomic E-state index is 0.0420. The number of nitrogens with one attached hydrogen (secondary N) is 1. The molecule has 0 spiro atoms. The summed E-state index contributed by atoms with van der Waals surface area (Å²) in [5.41, 5.74) is 0.789. The zero-order chi connectivity index (χ0) is 17.6. The molecule has 0 aliphatic carbocycles. The summed E-state index contributed by atoms with van der Waals surface area (Å²) < 4.78 is 5.58. The Kier molecular flexibility index (Phi) is 6.12. The number of halogens is 1. The maximum absolute atomic E-state index is 12.2. The average molecular weight is 394 g/mol. The second-order valence-electron chi connectivity index (χ2n) is 5.21. The highest BCUT2D eigenvalue weighted by molar-refractivity contribution is 7.99. The van der Waals surface area contributed by atoms with Gasteiger partial charge in [0.15, 0.2) is 0 Å². The topological polar surface area (TPSA) is 68.0 Å². The molecular weight excluding hydrogens is 378 g/mol. The average Bonchev–Trinajstić information content (AvgIpc) is 3.30.